The molecule has 0 heterocycles. The summed E-state index contributed by atoms with van der Waals surface area (Å²) >= 11 is 0. The Morgan fingerprint density at radius 2 is 1.76 bits per heavy atom. The van der Waals surface area contributed by atoms with Gasteiger partial charge < -0.3 is 10.1 Å². The van der Waals surface area contributed by atoms with Crippen LogP contribution in [0.25, 0.3) is 0 Å². The molecule has 0 radical (unpaired) electrons. The summed E-state index contributed by atoms with van der Waals surface area (Å²) in [7, 11) is 0. The van der Waals surface area contributed by atoms with Crippen molar-refractivity contribution in [2.75, 3.05) is 19.8 Å². The number of hydrogen-bond donors (Lipinski definition) is 1. The van der Waals surface area contributed by atoms with Crippen LogP contribution in [0.2, 0.25) is 0 Å². The van der Waals surface area contributed by atoms with Gasteiger partial charge in [-0.25, -0.2) is 0 Å². The van der Waals surface area contributed by atoms with Gasteiger partial charge in [-0.3, -0.25) is 0 Å². The average molecular weight is 235 g/mol. The van der Waals surface area contributed by atoms with E-state index < -0.39 is 0 Å². The van der Waals surface area contributed by atoms with Crippen LogP contribution in [0.5, 0.6) is 0 Å². The van der Waals surface area contributed by atoms with Gasteiger partial charge in [0.05, 0.1) is 13.2 Å². The maximum atomic E-state index is 5.61. The van der Waals surface area contributed by atoms with E-state index in [1.807, 2.05) is 6.07 Å². The zero-order valence-corrected chi connectivity index (χ0v) is 11.3. The predicted octanol–water partition coefficient (Wildman–Crippen LogP) is 2.88. The first-order valence-electron chi connectivity index (χ1n) is 6.55. The number of benzene rings is 1. The number of rotatable bonds is 8. The Balaban J connectivity index is 1.98. The molecular weight excluding hydrogens is 210 g/mol. The normalized spacial score (nSPS) is 12.9. The van der Waals surface area contributed by atoms with Gasteiger partial charge in [0, 0.05) is 12.6 Å². The first kappa shape index (κ1) is 14.2. The lowest BCUT2D eigenvalue weighted by atomic mass is 10.1. The van der Waals surface area contributed by atoms with Crippen molar-refractivity contribution in [2.45, 2.75) is 33.2 Å². The maximum absolute atomic E-state index is 5.61. The Morgan fingerprint density at radius 3 is 2.41 bits per heavy atom. The molecule has 17 heavy (non-hydrogen) atoms. The Morgan fingerprint density at radius 1 is 1.06 bits per heavy atom. The zero-order chi connectivity index (χ0) is 12.5. The Labute approximate surface area is 105 Å². The van der Waals surface area contributed by atoms with Gasteiger partial charge in [0.2, 0.25) is 0 Å². The Kier molecular flexibility index (Phi) is 6.90. The topological polar surface area (TPSA) is 21.3 Å². The van der Waals surface area contributed by atoms with Crippen LogP contribution in [-0.4, -0.2) is 25.8 Å². The van der Waals surface area contributed by atoms with Gasteiger partial charge in [-0.05, 0) is 24.8 Å². The molecule has 1 atom stereocenters. The quantitative estimate of drug-likeness (QED) is 0.700. The van der Waals surface area contributed by atoms with Crippen molar-refractivity contribution in [2.24, 2.45) is 5.92 Å². The van der Waals surface area contributed by atoms with E-state index in [0.717, 1.165) is 26.2 Å². The highest BCUT2D eigenvalue weighted by Crippen LogP contribution is 2.00. The average Bonchev–Trinajstić information content (AvgIpc) is 2.34. The third-order valence-electron chi connectivity index (χ3n) is 3.09. The molecule has 0 saturated heterocycles. The zero-order valence-electron chi connectivity index (χ0n) is 11.3. The molecule has 0 aliphatic carbocycles. The van der Waals surface area contributed by atoms with Gasteiger partial charge >= 0.3 is 0 Å². The van der Waals surface area contributed by atoms with Gasteiger partial charge in [-0.15, -0.1) is 0 Å². The lowest BCUT2D eigenvalue weighted by Crippen LogP contribution is -2.33. The third kappa shape index (κ3) is 6.44. The van der Waals surface area contributed by atoms with Crippen molar-refractivity contribution in [1.29, 1.82) is 0 Å². The summed E-state index contributed by atoms with van der Waals surface area (Å²) in [6.45, 7) is 9.22. The van der Waals surface area contributed by atoms with E-state index in [9.17, 15) is 0 Å². The molecule has 1 unspecified atom stereocenters. The molecule has 2 heteroatoms. The van der Waals surface area contributed by atoms with E-state index in [1.54, 1.807) is 0 Å². The fraction of sp³-hybridized carbons (Fsp3) is 0.600. The summed E-state index contributed by atoms with van der Waals surface area (Å²) in [5.41, 5.74) is 1.34. The van der Waals surface area contributed by atoms with E-state index >= 15 is 0 Å². The Bertz CT molecular complexity index is 284. The fourth-order valence-corrected chi connectivity index (χ4v) is 1.53. The van der Waals surface area contributed by atoms with Gasteiger partial charge in [0.25, 0.3) is 0 Å². The highest BCUT2D eigenvalue weighted by molar-refractivity contribution is 5.14. The molecule has 0 saturated carbocycles. The van der Waals surface area contributed by atoms with Crippen LogP contribution in [0.3, 0.4) is 0 Å². The van der Waals surface area contributed by atoms with Gasteiger partial charge in [0.1, 0.15) is 0 Å². The molecule has 0 aromatic heterocycles. The number of ether oxygens (including phenoxy) is 1. The minimum atomic E-state index is 0.563. The fourth-order valence-electron chi connectivity index (χ4n) is 1.53. The highest BCUT2D eigenvalue weighted by Gasteiger charge is 2.04. The molecule has 1 aromatic rings. The van der Waals surface area contributed by atoms with Crippen LogP contribution < -0.4 is 5.32 Å². The Hall–Kier alpha value is -0.860. The second kappa shape index (κ2) is 8.26. The lowest BCUT2D eigenvalue weighted by Gasteiger charge is -2.17. The second-order valence-corrected chi connectivity index (χ2v) is 4.83. The third-order valence-corrected chi connectivity index (χ3v) is 3.09. The van der Waals surface area contributed by atoms with Crippen LogP contribution in [0.1, 0.15) is 26.3 Å². The van der Waals surface area contributed by atoms with Crippen LogP contribution in [-0.2, 0) is 11.2 Å². The van der Waals surface area contributed by atoms with Crippen molar-refractivity contribution < 1.29 is 4.74 Å². The molecule has 0 amide bonds. The van der Waals surface area contributed by atoms with Gasteiger partial charge in [0.15, 0.2) is 0 Å². The monoisotopic (exact) mass is 235 g/mol. The first-order valence-corrected chi connectivity index (χ1v) is 6.55. The van der Waals surface area contributed by atoms with Gasteiger partial charge in [-0.2, -0.15) is 0 Å². The van der Waals surface area contributed by atoms with E-state index in [1.165, 1.54) is 5.56 Å². The molecule has 1 N–H and O–H groups in total. The molecule has 0 spiro atoms. The van der Waals surface area contributed by atoms with Crippen LogP contribution >= 0.6 is 0 Å². The van der Waals surface area contributed by atoms with Crippen molar-refractivity contribution in [3.63, 3.8) is 0 Å². The minimum absolute atomic E-state index is 0.563. The summed E-state index contributed by atoms with van der Waals surface area (Å²) in [6, 6.07) is 11.0. The van der Waals surface area contributed by atoms with Crippen LogP contribution in [0.4, 0.5) is 0 Å². The molecule has 0 aliphatic rings. The van der Waals surface area contributed by atoms with Crippen LogP contribution in [0, 0.1) is 5.92 Å². The van der Waals surface area contributed by atoms with Crippen molar-refractivity contribution in [3.8, 4) is 0 Å². The standard InChI is InChI=1S/C15H25NO/c1-13(2)14(3)16-10-12-17-11-9-15-7-5-4-6-8-15/h4-8,13-14,16H,9-12H2,1-3H3. The summed E-state index contributed by atoms with van der Waals surface area (Å²) in [6.07, 6.45) is 1.00. The SMILES string of the molecule is CC(C)C(C)NCCOCCc1ccccc1. The van der Waals surface area contributed by atoms with Crippen molar-refractivity contribution in [3.05, 3.63) is 35.9 Å². The second-order valence-electron chi connectivity index (χ2n) is 4.83. The molecule has 0 bridgehead atoms. The summed E-state index contributed by atoms with van der Waals surface area (Å²) in [4.78, 5) is 0. The smallest absolute Gasteiger partial charge is 0.0591 e. The summed E-state index contributed by atoms with van der Waals surface area (Å²) in [5.74, 6) is 0.680. The lowest BCUT2D eigenvalue weighted by molar-refractivity contribution is 0.135. The molecule has 1 aromatic carbocycles. The van der Waals surface area contributed by atoms with Crippen molar-refractivity contribution in [1.82, 2.24) is 5.32 Å². The van der Waals surface area contributed by atoms with Crippen molar-refractivity contribution >= 4 is 0 Å². The summed E-state index contributed by atoms with van der Waals surface area (Å²) < 4.78 is 5.61. The number of nitrogens with one attached hydrogen (secondary N) is 1. The molecule has 0 fully saturated rings. The van der Waals surface area contributed by atoms with E-state index in [2.05, 4.69) is 50.4 Å². The molecular formula is C15H25NO. The minimum Gasteiger partial charge on any atom is -0.380 e. The predicted molar refractivity (Wildman–Crippen MR) is 73.3 cm³/mol. The van der Waals surface area contributed by atoms with E-state index in [4.69, 9.17) is 4.74 Å². The first-order chi connectivity index (χ1) is 8.20. The van der Waals surface area contributed by atoms with Gasteiger partial charge in [-0.1, -0.05) is 44.2 Å². The highest BCUT2D eigenvalue weighted by atomic mass is 16.5. The molecule has 2 nitrogen and oxygen atoms in total. The van der Waals surface area contributed by atoms with Crippen LogP contribution in [0.15, 0.2) is 30.3 Å². The summed E-state index contributed by atoms with van der Waals surface area (Å²) in [5, 5.41) is 3.46. The number of hydrogen-bond acceptors (Lipinski definition) is 2. The molecule has 1 rings (SSSR count). The van der Waals surface area contributed by atoms with E-state index in [-0.39, 0.29) is 0 Å². The molecule has 0 aliphatic heterocycles. The molecule has 96 valence electrons. The largest absolute Gasteiger partial charge is 0.380 e. The van der Waals surface area contributed by atoms with E-state index in [0.29, 0.717) is 12.0 Å². The maximum Gasteiger partial charge on any atom is 0.0591 e.